The number of benzene rings is 1. The van der Waals surface area contributed by atoms with Crippen LogP contribution in [0, 0.1) is 19.8 Å². The predicted molar refractivity (Wildman–Crippen MR) is 119 cm³/mol. The molecule has 2 N–H and O–H groups in total. The lowest BCUT2D eigenvalue weighted by atomic mass is 10.0. The molecule has 2 aliphatic heterocycles. The van der Waals surface area contributed by atoms with E-state index in [1.54, 1.807) is 15.9 Å². The van der Waals surface area contributed by atoms with Gasteiger partial charge < -0.3 is 20.3 Å². The van der Waals surface area contributed by atoms with E-state index in [4.69, 9.17) is 10.5 Å². The van der Waals surface area contributed by atoms with Crippen LogP contribution in [0.5, 0.6) is 5.75 Å². The van der Waals surface area contributed by atoms with Gasteiger partial charge >= 0.3 is 0 Å². The number of likely N-dealkylation sites (tertiary alicyclic amines) is 1. The highest BCUT2D eigenvalue weighted by atomic mass is 16.5. The maximum absolute atomic E-state index is 13.2. The third-order valence-electron chi connectivity index (χ3n) is 6.25. The van der Waals surface area contributed by atoms with Crippen LogP contribution in [0.25, 0.3) is 0 Å². The lowest BCUT2D eigenvalue weighted by Crippen LogP contribution is -2.47. The monoisotopic (exact) mass is 436 g/mol. The van der Waals surface area contributed by atoms with Crippen molar-refractivity contribution >= 4 is 23.4 Å². The number of aryl methyl sites for hydroxylation is 2. The molecule has 4 rings (SSSR count). The third-order valence-corrected chi connectivity index (χ3v) is 6.25. The number of primary amides is 1. The van der Waals surface area contributed by atoms with E-state index in [1.807, 2.05) is 32.0 Å². The SMILES string of the molecule is Cc1ccc(N2CC(C(=O)N3CCCC(Oc4ccnc(C(N)=O)c4)C3)CC2=O)cc1C. The third kappa shape index (κ3) is 4.59. The Kier molecular flexibility index (Phi) is 6.12. The Morgan fingerprint density at radius 3 is 2.69 bits per heavy atom. The molecule has 2 unspecified atom stereocenters. The predicted octanol–water partition coefficient (Wildman–Crippen LogP) is 2.22. The van der Waals surface area contributed by atoms with Crippen LogP contribution in [0.15, 0.2) is 36.5 Å². The number of aromatic nitrogens is 1. The van der Waals surface area contributed by atoms with E-state index in [-0.39, 0.29) is 36.0 Å². The standard InChI is InChI=1S/C24H28N4O4/c1-15-5-6-18(10-16(15)2)28-13-17(11-22(28)29)24(31)27-9-3-4-20(14-27)32-19-7-8-26-21(12-19)23(25)30/h5-8,10,12,17,20H,3-4,9,11,13-14H2,1-2H3,(H2,25,30). The van der Waals surface area contributed by atoms with E-state index in [0.717, 1.165) is 24.1 Å². The molecule has 32 heavy (non-hydrogen) atoms. The first-order valence-corrected chi connectivity index (χ1v) is 10.9. The fourth-order valence-corrected chi connectivity index (χ4v) is 4.32. The van der Waals surface area contributed by atoms with Gasteiger partial charge in [0.05, 0.1) is 12.5 Å². The molecule has 0 saturated carbocycles. The Labute approximate surface area is 187 Å². The second-order valence-corrected chi connectivity index (χ2v) is 8.58. The Morgan fingerprint density at radius 1 is 1.12 bits per heavy atom. The molecule has 1 aromatic carbocycles. The molecule has 0 bridgehead atoms. The lowest BCUT2D eigenvalue weighted by molar-refractivity contribution is -0.138. The molecule has 2 atom stereocenters. The van der Waals surface area contributed by atoms with Gasteiger partial charge in [0, 0.05) is 37.5 Å². The van der Waals surface area contributed by atoms with Crippen LogP contribution in [-0.2, 0) is 9.59 Å². The number of anilines is 1. The van der Waals surface area contributed by atoms with Crippen LogP contribution in [0.2, 0.25) is 0 Å². The van der Waals surface area contributed by atoms with Gasteiger partial charge in [0.1, 0.15) is 17.5 Å². The molecule has 2 aliphatic rings. The molecule has 3 heterocycles. The zero-order chi connectivity index (χ0) is 22.8. The fraction of sp³-hybridized carbons (Fsp3) is 0.417. The van der Waals surface area contributed by atoms with Crippen LogP contribution in [0.4, 0.5) is 5.69 Å². The molecule has 8 nitrogen and oxygen atoms in total. The largest absolute Gasteiger partial charge is 0.488 e. The Balaban J connectivity index is 1.40. The highest BCUT2D eigenvalue weighted by Crippen LogP contribution is 2.29. The van der Waals surface area contributed by atoms with Crippen molar-refractivity contribution in [2.24, 2.45) is 11.7 Å². The summed E-state index contributed by atoms with van der Waals surface area (Å²) in [5, 5.41) is 0. The molecule has 2 fully saturated rings. The summed E-state index contributed by atoms with van der Waals surface area (Å²) in [4.78, 5) is 44.6. The highest BCUT2D eigenvalue weighted by molar-refractivity contribution is 6.00. The van der Waals surface area contributed by atoms with Crippen LogP contribution >= 0.6 is 0 Å². The number of nitrogens with two attached hydrogens (primary N) is 1. The number of rotatable bonds is 5. The van der Waals surface area contributed by atoms with Gasteiger partial charge in [0.2, 0.25) is 11.8 Å². The van der Waals surface area contributed by atoms with Crippen molar-refractivity contribution in [2.75, 3.05) is 24.5 Å². The minimum atomic E-state index is -0.616. The fourth-order valence-electron chi connectivity index (χ4n) is 4.32. The normalized spacial score (nSPS) is 21.0. The molecule has 1 aromatic heterocycles. The number of pyridine rings is 1. The quantitative estimate of drug-likeness (QED) is 0.774. The first-order valence-electron chi connectivity index (χ1n) is 10.9. The van der Waals surface area contributed by atoms with Gasteiger partial charge in [-0.25, -0.2) is 0 Å². The number of ether oxygens (including phenoxy) is 1. The van der Waals surface area contributed by atoms with Crippen LogP contribution in [0.3, 0.4) is 0 Å². The van der Waals surface area contributed by atoms with E-state index >= 15 is 0 Å². The second-order valence-electron chi connectivity index (χ2n) is 8.58. The summed E-state index contributed by atoms with van der Waals surface area (Å²) in [6, 6.07) is 9.12. The highest BCUT2D eigenvalue weighted by Gasteiger charge is 2.38. The summed E-state index contributed by atoms with van der Waals surface area (Å²) in [7, 11) is 0. The summed E-state index contributed by atoms with van der Waals surface area (Å²) in [6.45, 7) is 5.55. The first kappa shape index (κ1) is 21.8. The van der Waals surface area contributed by atoms with E-state index in [2.05, 4.69) is 4.98 Å². The number of hydrogen-bond acceptors (Lipinski definition) is 5. The molecule has 0 aliphatic carbocycles. The van der Waals surface area contributed by atoms with Crippen LogP contribution in [0.1, 0.15) is 40.9 Å². The van der Waals surface area contributed by atoms with Gasteiger partial charge in [-0.3, -0.25) is 19.4 Å². The molecule has 2 saturated heterocycles. The van der Waals surface area contributed by atoms with Crippen molar-refractivity contribution in [1.29, 1.82) is 0 Å². The molecule has 0 radical (unpaired) electrons. The van der Waals surface area contributed by atoms with Crippen LogP contribution in [-0.4, -0.2) is 53.3 Å². The lowest BCUT2D eigenvalue weighted by Gasteiger charge is -2.34. The van der Waals surface area contributed by atoms with Crippen molar-refractivity contribution in [1.82, 2.24) is 9.88 Å². The van der Waals surface area contributed by atoms with Crippen LogP contribution < -0.4 is 15.4 Å². The molecule has 168 valence electrons. The zero-order valence-electron chi connectivity index (χ0n) is 18.4. The number of carbonyl (C=O) groups excluding carboxylic acids is 3. The van der Waals surface area contributed by atoms with Gasteiger partial charge in [0.15, 0.2) is 0 Å². The van der Waals surface area contributed by atoms with Gasteiger partial charge in [0.25, 0.3) is 5.91 Å². The minimum absolute atomic E-state index is 0.00876. The van der Waals surface area contributed by atoms with Crippen molar-refractivity contribution in [3.05, 3.63) is 53.3 Å². The number of piperidine rings is 1. The topological polar surface area (TPSA) is 106 Å². The summed E-state index contributed by atoms with van der Waals surface area (Å²) >= 11 is 0. The van der Waals surface area contributed by atoms with E-state index in [1.165, 1.54) is 17.8 Å². The molecule has 2 aromatic rings. The average Bonchev–Trinajstić information content (AvgIpc) is 3.17. The van der Waals surface area contributed by atoms with E-state index < -0.39 is 5.91 Å². The second kappa shape index (κ2) is 8.98. The van der Waals surface area contributed by atoms with Crippen molar-refractivity contribution in [3.63, 3.8) is 0 Å². The first-order chi connectivity index (χ1) is 15.3. The summed E-state index contributed by atoms with van der Waals surface area (Å²) in [6.07, 6.45) is 3.12. The Morgan fingerprint density at radius 2 is 1.94 bits per heavy atom. The van der Waals surface area contributed by atoms with E-state index in [9.17, 15) is 14.4 Å². The van der Waals surface area contributed by atoms with Gasteiger partial charge in [-0.05, 0) is 56.0 Å². The average molecular weight is 437 g/mol. The number of amides is 3. The smallest absolute Gasteiger partial charge is 0.267 e. The molecule has 8 heteroatoms. The molecular weight excluding hydrogens is 408 g/mol. The summed E-state index contributed by atoms with van der Waals surface area (Å²) < 4.78 is 6.01. The Bertz CT molecular complexity index is 1050. The molecule has 0 spiro atoms. The Hall–Kier alpha value is -3.42. The molecule has 3 amide bonds. The maximum atomic E-state index is 13.2. The number of hydrogen-bond donors (Lipinski definition) is 1. The van der Waals surface area contributed by atoms with Crippen molar-refractivity contribution in [3.8, 4) is 5.75 Å². The van der Waals surface area contributed by atoms with Crippen molar-refractivity contribution < 1.29 is 19.1 Å². The van der Waals surface area contributed by atoms with Crippen molar-refractivity contribution in [2.45, 2.75) is 39.2 Å². The summed E-state index contributed by atoms with van der Waals surface area (Å²) in [5.74, 6) is -0.497. The van der Waals surface area contributed by atoms with Gasteiger partial charge in [-0.1, -0.05) is 6.07 Å². The number of carbonyl (C=O) groups is 3. The summed E-state index contributed by atoms with van der Waals surface area (Å²) in [5.41, 5.74) is 8.56. The van der Waals surface area contributed by atoms with Gasteiger partial charge in [-0.2, -0.15) is 0 Å². The van der Waals surface area contributed by atoms with E-state index in [0.29, 0.717) is 25.4 Å². The minimum Gasteiger partial charge on any atom is -0.488 e. The zero-order valence-corrected chi connectivity index (χ0v) is 18.4. The van der Waals surface area contributed by atoms with Gasteiger partial charge in [-0.15, -0.1) is 0 Å². The number of nitrogens with zero attached hydrogens (tertiary/aromatic N) is 3. The maximum Gasteiger partial charge on any atom is 0.267 e. The molecular formula is C24H28N4O4.